The van der Waals surface area contributed by atoms with E-state index < -0.39 is 0 Å². The van der Waals surface area contributed by atoms with E-state index in [1.165, 1.54) is 42.4 Å². The van der Waals surface area contributed by atoms with Crippen LogP contribution in [-0.4, -0.2) is 7.05 Å². The normalized spacial score (nSPS) is 15.6. The Bertz CT molecular complexity index is 652. The average Bonchev–Trinajstić information content (AvgIpc) is 2.51. The van der Waals surface area contributed by atoms with Crippen LogP contribution in [0.15, 0.2) is 36.4 Å². The number of hydrogen-bond donors (Lipinski definition) is 1. The molecule has 0 heterocycles. The smallest absolute Gasteiger partial charge is 0.0589 e. The summed E-state index contributed by atoms with van der Waals surface area (Å²) in [5.74, 6) is 0. The molecule has 0 fully saturated rings. The van der Waals surface area contributed by atoms with E-state index in [1.54, 1.807) is 0 Å². The summed E-state index contributed by atoms with van der Waals surface area (Å²) >= 11 is 12.5. The Balaban J connectivity index is 2.01. The van der Waals surface area contributed by atoms with Gasteiger partial charge in [-0.05, 0) is 73.2 Å². The summed E-state index contributed by atoms with van der Waals surface area (Å²) < 4.78 is 0. The second kappa shape index (κ2) is 6.39. The molecular formula is C18H19Cl2N. The minimum absolute atomic E-state index is 0.0726. The zero-order valence-corrected chi connectivity index (χ0v) is 13.6. The standard InChI is InChI=1S/C18H19Cl2N/c1-21-18(16-11-15(19)8-9-17(16)20)14-7-6-12-4-2-3-5-13(12)10-14/h6-11,18,21H,2-5H2,1H3. The molecule has 110 valence electrons. The summed E-state index contributed by atoms with van der Waals surface area (Å²) in [6.45, 7) is 0. The molecule has 0 amide bonds. The van der Waals surface area contributed by atoms with E-state index in [4.69, 9.17) is 23.2 Å². The Labute approximate surface area is 136 Å². The predicted octanol–water partition coefficient (Wildman–Crippen LogP) is 5.18. The molecule has 2 aromatic rings. The van der Waals surface area contributed by atoms with Crippen LogP contribution in [0.1, 0.15) is 41.1 Å². The number of rotatable bonds is 3. The second-order valence-corrected chi connectivity index (χ2v) is 6.47. The lowest BCUT2D eigenvalue weighted by atomic mass is 9.88. The van der Waals surface area contributed by atoms with Crippen molar-refractivity contribution in [2.24, 2.45) is 0 Å². The van der Waals surface area contributed by atoms with Crippen LogP contribution in [0.25, 0.3) is 0 Å². The molecule has 1 unspecified atom stereocenters. The average molecular weight is 320 g/mol. The topological polar surface area (TPSA) is 12.0 Å². The highest BCUT2D eigenvalue weighted by atomic mass is 35.5. The second-order valence-electron chi connectivity index (χ2n) is 5.62. The van der Waals surface area contributed by atoms with Crippen LogP contribution in [0.5, 0.6) is 0 Å². The maximum absolute atomic E-state index is 6.36. The van der Waals surface area contributed by atoms with Crippen molar-refractivity contribution in [3.05, 3.63) is 68.7 Å². The highest BCUT2D eigenvalue weighted by Gasteiger charge is 2.18. The van der Waals surface area contributed by atoms with Gasteiger partial charge in [-0.3, -0.25) is 0 Å². The fraction of sp³-hybridized carbons (Fsp3) is 0.333. The number of fused-ring (bicyclic) bond motifs is 1. The number of halogens is 2. The molecule has 0 saturated heterocycles. The highest BCUT2D eigenvalue weighted by Crippen LogP contribution is 2.32. The van der Waals surface area contributed by atoms with E-state index in [9.17, 15) is 0 Å². The fourth-order valence-electron chi connectivity index (χ4n) is 3.17. The quantitative estimate of drug-likeness (QED) is 0.821. The van der Waals surface area contributed by atoms with E-state index in [2.05, 4.69) is 23.5 Å². The van der Waals surface area contributed by atoms with Gasteiger partial charge in [-0.2, -0.15) is 0 Å². The van der Waals surface area contributed by atoms with Crippen LogP contribution in [0, 0.1) is 0 Å². The molecule has 0 radical (unpaired) electrons. The molecule has 0 spiro atoms. The van der Waals surface area contributed by atoms with Crippen molar-refractivity contribution in [3.63, 3.8) is 0 Å². The van der Waals surface area contributed by atoms with Gasteiger partial charge in [0.05, 0.1) is 6.04 Å². The van der Waals surface area contributed by atoms with Crippen molar-refractivity contribution in [2.45, 2.75) is 31.7 Å². The summed E-state index contributed by atoms with van der Waals surface area (Å²) in [5, 5.41) is 4.83. The van der Waals surface area contributed by atoms with Crippen molar-refractivity contribution in [1.29, 1.82) is 0 Å². The Morgan fingerprint density at radius 1 is 0.952 bits per heavy atom. The van der Waals surface area contributed by atoms with Gasteiger partial charge < -0.3 is 5.32 Å². The maximum Gasteiger partial charge on any atom is 0.0589 e. The van der Waals surface area contributed by atoms with Crippen molar-refractivity contribution in [2.75, 3.05) is 7.05 Å². The molecular weight excluding hydrogens is 301 g/mol. The third-order valence-corrected chi connectivity index (χ3v) is 4.84. The van der Waals surface area contributed by atoms with Crippen molar-refractivity contribution in [3.8, 4) is 0 Å². The summed E-state index contributed by atoms with van der Waals surface area (Å²) in [5.41, 5.74) is 5.26. The minimum atomic E-state index is 0.0726. The van der Waals surface area contributed by atoms with Crippen LogP contribution in [0.4, 0.5) is 0 Å². The molecule has 1 N–H and O–H groups in total. The van der Waals surface area contributed by atoms with Crippen LogP contribution < -0.4 is 5.32 Å². The van der Waals surface area contributed by atoms with E-state index in [-0.39, 0.29) is 6.04 Å². The van der Waals surface area contributed by atoms with E-state index in [0.29, 0.717) is 5.02 Å². The number of hydrogen-bond acceptors (Lipinski definition) is 1. The summed E-state index contributed by atoms with van der Waals surface area (Å²) in [6.07, 6.45) is 4.99. The monoisotopic (exact) mass is 319 g/mol. The first-order valence-corrected chi connectivity index (χ1v) is 8.18. The van der Waals surface area contributed by atoms with Crippen molar-refractivity contribution < 1.29 is 0 Å². The van der Waals surface area contributed by atoms with Gasteiger partial charge in [0.25, 0.3) is 0 Å². The molecule has 3 heteroatoms. The molecule has 2 aromatic carbocycles. The first-order valence-electron chi connectivity index (χ1n) is 7.43. The molecule has 0 aliphatic heterocycles. The van der Waals surface area contributed by atoms with Gasteiger partial charge in [-0.15, -0.1) is 0 Å². The zero-order chi connectivity index (χ0) is 14.8. The third-order valence-electron chi connectivity index (χ3n) is 4.26. The van der Waals surface area contributed by atoms with Gasteiger partial charge in [0.1, 0.15) is 0 Å². The highest BCUT2D eigenvalue weighted by molar-refractivity contribution is 6.33. The van der Waals surface area contributed by atoms with Crippen molar-refractivity contribution >= 4 is 23.2 Å². The molecule has 1 nitrogen and oxygen atoms in total. The van der Waals surface area contributed by atoms with Crippen LogP contribution in [0.2, 0.25) is 10.0 Å². The molecule has 1 aliphatic rings. The predicted molar refractivity (Wildman–Crippen MR) is 90.4 cm³/mol. The van der Waals surface area contributed by atoms with Crippen LogP contribution in [0.3, 0.4) is 0 Å². The molecule has 0 saturated carbocycles. The lowest BCUT2D eigenvalue weighted by molar-refractivity contribution is 0.668. The van der Waals surface area contributed by atoms with Crippen LogP contribution >= 0.6 is 23.2 Å². The molecule has 21 heavy (non-hydrogen) atoms. The van der Waals surface area contributed by atoms with E-state index in [1.807, 2.05) is 25.2 Å². The molecule has 0 aromatic heterocycles. The first kappa shape index (κ1) is 14.9. The van der Waals surface area contributed by atoms with Crippen molar-refractivity contribution in [1.82, 2.24) is 5.32 Å². The van der Waals surface area contributed by atoms with Gasteiger partial charge in [0, 0.05) is 10.0 Å². The molecule has 3 rings (SSSR count). The number of aryl methyl sites for hydroxylation is 2. The number of nitrogens with one attached hydrogen (secondary N) is 1. The van der Waals surface area contributed by atoms with E-state index >= 15 is 0 Å². The van der Waals surface area contributed by atoms with E-state index in [0.717, 1.165) is 10.6 Å². The summed E-state index contributed by atoms with van der Waals surface area (Å²) in [6, 6.07) is 12.5. The molecule has 0 bridgehead atoms. The maximum atomic E-state index is 6.36. The third kappa shape index (κ3) is 3.11. The van der Waals surface area contributed by atoms with Gasteiger partial charge in [-0.25, -0.2) is 0 Å². The Morgan fingerprint density at radius 2 is 1.71 bits per heavy atom. The summed E-state index contributed by atoms with van der Waals surface area (Å²) in [7, 11) is 1.96. The van der Waals surface area contributed by atoms with Gasteiger partial charge in [0.15, 0.2) is 0 Å². The lowest BCUT2D eigenvalue weighted by Crippen LogP contribution is -2.19. The fourth-order valence-corrected chi connectivity index (χ4v) is 3.58. The lowest BCUT2D eigenvalue weighted by Gasteiger charge is -2.22. The Morgan fingerprint density at radius 3 is 2.48 bits per heavy atom. The Hall–Kier alpha value is -1.02. The van der Waals surface area contributed by atoms with Gasteiger partial charge in [-0.1, -0.05) is 41.4 Å². The number of benzene rings is 2. The molecule has 1 aliphatic carbocycles. The minimum Gasteiger partial charge on any atom is -0.309 e. The Kier molecular flexibility index (Phi) is 4.54. The largest absolute Gasteiger partial charge is 0.309 e. The zero-order valence-electron chi connectivity index (χ0n) is 12.1. The van der Waals surface area contributed by atoms with Crippen LogP contribution in [-0.2, 0) is 12.8 Å². The first-order chi connectivity index (χ1) is 10.2. The van der Waals surface area contributed by atoms with Gasteiger partial charge >= 0.3 is 0 Å². The summed E-state index contributed by atoms with van der Waals surface area (Å²) in [4.78, 5) is 0. The van der Waals surface area contributed by atoms with Gasteiger partial charge in [0.2, 0.25) is 0 Å². The SMILES string of the molecule is CNC(c1ccc2c(c1)CCCC2)c1cc(Cl)ccc1Cl. The molecule has 1 atom stereocenters.